The molecule has 3 aromatic rings. The quantitative estimate of drug-likeness (QED) is 0.744. The van der Waals surface area contributed by atoms with Gasteiger partial charge in [-0.1, -0.05) is 6.07 Å². The Labute approximate surface area is 158 Å². The van der Waals surface area contributed by atoms with Gasteiger partial charge in [0.2, 0.25) is 0 Å². The summed E-state index contributed by atoms with van der Waals surface area (Å²) in [4.78, 5) is 6.62. The highest BCUT2D eigenvalue weighted by Gasteiger charge is 2.21. The molecule has 1 aromatic carbocycles. The van der Waals surface area contributed by atoms with Gasteiger partial charge in [0, 0.05) is 37.5 Å². The maximum Gasteiger partial charge on any atom is 0.165 e. The van der Waals surface area contributed by atoms with Crippen LogP contribution >= 0.6 is 0 Å². The van der Waals surface area contributed by atoms with Crippen molar-refractivity contribution in [3.63, 3.8) is 0 Å². The zero-order chi connectivity index (χ0) is 18.6. The Morgan fingerprint density at radius 2 is 2.07 bits per heavy atom. The Morgan fingerprint density at radius 1 is 1.19 bits per heavy atom. The molecule has 1 N–H and O–H groups in total. The number of pyridine rings is 1. The van der Waals surface area contributed by atoms with Crippen molar-refractivity contribution in [2.24, 2.45) is 0 Å². The smallest absolute Gasteiger partial charge is 0.165 e. The van der Waals surface area contributed by atoms with Crippen LogP contribution in [0.15, 0.2) is 53.1 Å². The van der Waals surface area contributed by atoms with E-state index >= 15 is 0 Å². The second-order valence-corrected chi connectivity index (χ2v) is 6.56. The highest BCUT2D eigenvalue weighted by atomic mass is 16.5. The number of phenolic OH excluding ortho intramolecular Hbond substituents is 1. The second kappa shape index (κ2) is 7.82. The van der Waals surface area contributed by atoms with Crippen LogP contribution in [-0.2, 0) is 24.4 Å². The first-order valence-corrected chi connectivity index (χ1v) is 8.92. The number of furan rings is 1. The van der Waals surface area contributed by atoms with E-state index in [-0.39, 0.29) is 5.75 Å². The van der Waals surface area contributed by atoms with E-state index in [0.29, 0.717) is 32.1 Å². The molecule has 0 unspecified atom stereocenters. The van der Waals surface area contributed by atoms with Crippen molar-refractivity contribution in [2.45, 2.75) is 19.7 Å². The largest absolute Gasteiger partial charge is 0.504 e. The van der Waals surface area contributed by atoms with E-state index in [9.17, 15) is 5.11 Å². The Kier molecular flexibility index (Phi) is 5.09. The highest BCUT2D eigenvalue weighted by molar-refractivity contribution is 5.66. The van der Waals surface area contributed by atoms with Crippen molar-refractivity contribution in [3.8, 4) is 22.8 Å². The normalized spacial score (nSPS) is 14.4. The van der Waals surface area contributed by atoms with Gasteiger partial charge >= 0.3 is 0 Å². The van der Waals surface area contributed by atoms with Gasteiger partial charge in [-0.25, -0.2) is 0 Å². The van der Waals surface area contributed by atoms with Gasteiger partial charge in [0.1, 0.15) is 24.7 Å². The maximum atomic E-state index is 10.5. The minimum atomic E-state index is 0.149. The monoisotopic (exact) mass is 366 g/mol. The third kappa shape index (κ3) is 3.97. The summed E-state index contributed by atoms with van der Waals surface area (Å²) in [7, 11) is 1.65. The van der Waals surface area contributed by atoms with Crippen molar-refractivity contribution in [3.05, 3.63) is 65.7 Å². The zero-order valence-corrected chi connectivity index (χ0v) is 15.2. The van der Waals surface area contributed by atoms with Crippen molar-refractivity contribution < 1.29 is 19.0 Å². The van der Waals surface area contributed by atoms with Gasteiger partial charge in [-0.3, -0.25) is 9.88 Å². The molecule has 0 radical (unpaired) electrons. The van der Waals surface area contributed by atoms with Crippen LogP contribution in [0.2, 0.25) is 0 Å². The Balaban J connectivity index is 1.57. The SMILES string of the molecule is COCc1ccc(CN2CCOc3c(O)cc(-c4ccccn4)cc3C2)o1. The Hall–Kier alpha value is -2.83. The number of fused-ring (bicyclic) bond motifs is 1. The molecule has 2 aromatic heterocycles. The van der Waals surface area contributed by atoms with E-state index in [1.165, 1.54) is 0 Å². The maximum absolute atomic E-state index is 10.5. The molecule has 0 aliphatic carbocycles. The first-order valence-electron chi connectivity index (χ1n) is 8.92. The third-order valence-corrected chi connectivity index (χ3v) is 4.54. The van der Waals surface area contributed by atoms with E-state index in [0.717, 1.165) is 34.9 Å². The summed E-state index contributed by atoms with van der Waals surface area (Å²) >= 11 is 0. The topological polar surface area (TPSA) is 68.0 Å². The fraction of sp³-hybridized carbons (Fsp3) is 0.286. The van der Waals surface area contributed by atoms with Crippen molar-refractivity contribution in [1.29, 1.82) is 0 Å². The molecule has 0 atom stereocenters. The van der Waals surface area contributed by atoms with Gasteiger partial charge in [0.25, 0.3) is 0 Å². The molecule has 27 heavy (non-hydrogen) atoms. The van der Waals surface area contributed by atoms with E-state index in [4.69, 9.17) is 13.9 Å². The van der Waals surface area contributed by atoms with E-state index in [2.05, 4.69) is 9.88 Å². The summed E-state index contributed by atoms with van der Waals surface area (Å²) in [6.07, 6.45) is 1.75. The fourth-order valence-corrected chi connectivity index (χ4v) is 3.32. The lowest BCUT2D eigenvalue weighted by molar-refractivity contribution is 0.157. The number of ether oxygens (including phenoxy) is 2. The molecule has 3 heterocycles. The Bertz CT molecular complexity index is 908. The molecular weight excluding hydrogens is 344 g/mol. The summed E-state index contributed by atoms with van der Waals surface area (Å²) in [5.41, 5.74) is 2.64. The number of nitrogens with zero attached hydrogens (tertiary/aromatic N) is 2. The van der Waals surface area contributed by atoms with Gasteiger partial charge in [0.05, 0.1) is 12.2 Å². The van der Waals surface area contributed by atoms with Crippen molar-refractivity contribution in [2.75, 3.05) is 20.3 Å². The number of aromatic nitrogens is 1. The van der Waals surface area contributed by atoms with Crippen molar-refractivity contribution in [1.82, 2.24) is 9.88 Å². The number of phenols is 1. The average Bonchev–Trinajstić information content (AvgIpc) is 3.00. The molecule has 0 spiro atoms. The van der Waals surface area contributed by atoms with E-state index in [1.54, 1.807) is 19.4 Å². The predicted molar refractivity (Wildman–Crippen MR) is 100 cm³/mol. The lowest BCUT2D eigenvalue weighted by Gasteiger charge is -2.18. The van der Waals surface area contributed by atoms with Gasteiger partial charge < -0.3 is 19.0 Å². The van der Waals surface area contributed by atoms with Crippen LogP contribution in [0.5, 0.6) is 11.5 Å². The summed E-state index contributed by atoms with van der Waals surface area (Å²) < 4.78 is 16.7. The van der Waals surface area contributed by atoms with Crippen LogP contribution in [0.3, 0.4) is 0 Å². The summed E-state index contributed by atoms with van der Waals surface area (Å²) in [6.45, 7) is 3.04. The van der Waals surface area contributed by atoms with Gasteiger partial charge in [-0.05, 0) is 36.4 Å². The number of rotatable bonds is 5. The van der Waals surface area contributed by atoms with Crippen LogP contribution < -0.4 is 4.74 Å². The second-order valence-electron chi connectivity index (χ2n) is 6.56. The first-order chi connectivity index (χ1) is 13.2. The van der Waals surface area contributed by atoms with E-state index < -0.39 is 0 Å². The molecule has 1 aliphatic heterocycles. The molecule has 1 aliphatic rings. The van der Waals surface area contributed by atoms with Gasteiger partial charge in [-0.15, -0.1) is 0 Å². The number of aromatic hydroxyl groups is 1. The highest BCUT2D eigenvalue weighted by Crippen LogP contribution is 2.37. The van der Waals surface area contributed by atoms with E-state index in [1.807, 2.05) is 36.4 Å². The van der Waals surface area contributed by atoms with Crippen LogP contribution in [0.25, 0.3) is 11.3 Å². The minimum absolute atomic E-state index is 0.149. The van der Waals surface area contributed by atoms with Crippen LogP contribution in [0, 0.1) is 0 Å². The summed E-state index contributed by atoms with van der Waals surface area (Å²) in [5.74, 6) is 2.40. The number of benzene rings is 1. The van der Waals surface area contributed by atoms with Crippen LogP contribution in [0.1, 0.15) is 17.1 Å². The summed E-state index contributed by atoms with van der Waals surface area (Å²) in [5, 5.41) is 10.5. The first kappa shape index (κ1) is 17.6. The molecule has 0 bridgehead atoms. The number of methoxy groups -OCH3 is 1. The average molecular weight is 366 g/mol. The number of hydrogen-bond acceptors (Lipinski definition) is 6. The third-order valence-electron chi connectivity index (χ3n) is 4.54. The molecule has 4 rings (SSSR count). The number of hydrogen-bond donors (Lipinski definition) is 1. The van der Waals surface area contributed by atoms with Gasteiger partial charge in [-0.2, -0.15) is 0 Å². The van der Waals surface area contributed by atoms with Crippen LogP contribution in [0.4, 0.5) is 0 Å². The minimum Gasteiger partial charge on any atom is -0.504 e. The Morgan fingerprint density at radius 3 is 2.89 bits per heavy atom. The summed E-state index contributed by atoms with van der Waals surface area (Å²) in [6, 6.07) is 13.4. The zero-order valence-electron chi connectivity index (χ0n) is 15.2. The molecule has 0 amide bonds. The standard InChI is InChI=1S/C21H22N2O4/c1-25-14-18-6-5-17(27-18)13-23-8-9-26-21-16(12-23)10-15(11-20(21)24)19-4-2-3-7-22-19/h2-7,10-11,24H,8-9,12-14H2,1H3. The molecule has 6 nitrogen and oxygen atoms in total. The molecule has 6 heteroatoms. The molecule has 140 valence electrons. The molecule has 0 fully saturated rings. The van der Waals surface area contributed by atoms with Crippen LogP contribution in [-0.4, -0.2) is 35.3 Å². The van der Waals surface area contributed by atoms with Gasteiger partial charge in [0.15, 0.2) is 11.5 Å². The molecular formula is C21H22N2O4. The lowest BCUT2D eigenvalue weighted by atomic mass is 10.0. The fourth-order valence-electron chi connectivity index (χ4n) is 3.32. The lowest BCUT2D eigenvalue weighted by Crippen LogP contribution is -2.25. The van der Waals surface area contributed by atoms with Crippen molar-refractivity contribution >= 4 is 0 Å². The predicted octanol–water partition coefficient (Wildman–Crippen LogP) is 3.59. The molecule has 0 saturated heterocycles. The molecule has 0 saturated carbocycles.